The summed E-state index contributed by atoms with van der Waals surface area (Å²) in [6.45, 7) is 20.5. The van der Waals surface area contributed by atoms with Gasteiger partial charge in [-0.3, -0.25) is 0 Å². The van der Waals surface area contributed by atoms with Crippen LogP contribution in [-0.4, -0.2) is 214 Å². The quantitative estimate of drug-likeness (QED) is 0.0922. The Hall–Kier alpha value is -7.98. The predicted molar refractivity (Wildman–Crippen MR) is 339 cm³/mol. The number of hydrogen-bond acceptors (Lipinski definition) is 27. The number of anilines is 9. The van der Waals surface area contributed by atoms with E-state index in [0.717, 1.165) is 32.1 Å². The summed E-state index contributed by atoms with van der Waals surface area (Å²) in [6.07, 6.45) is 0.499. The van der Waals surface area contributed by atoms with Crippen LogP contribution >= 0.6 is 0 Å². The molecule has 94 heavy (non-hydrogen) atoms. The summed E-state index contributed by atoms with van der Waals surface area (Å²) in [5.74, 6) is 3.28. The molecule has 1 saturated carbocycles. The smallest absolute Gasteiger partial charge is 0.264 e. The van der Waals surface area contributed by atoms with Crippen LogP contribution < -0.4 is 46.6 Å². The molecule has 33 heteroatoms. The molecular formula is C61H81F6N21O6. The van der Waals surface area contributed by atoms with E-state index in [-0.39, 0.29) is 104 Å². The van der Waals surface area contributed by atoms with Crippen LogP contribution in [0.4, 0.5) is 79.5 Å². The number of morpholine rings is 6. The lowest BCUT2D eigenvalue weighted by Gasteiger charge is -2.52. The third-order valence-corrected chi connectivity index (χ3v) is 17.8. The number of hydrogen-bond donors (Lipinski definition) is 3. The number of pyridine rings is 3. The van der Waals surface area contributed by atoms with Crippen molar-refractivity contribution >= 4 is 53.1 Å². The Morgan fingerprint density at radius 1 is 0.426 bits per heavy atom. The molecule has 0 radical (unpaired) electrons. The molecule has 6 aliphatic heterocycles. The molecule has 6 aromatic heterocycles. The Kier molecular flexibility index (Phi) is 21.7. The van der Waals surface area contributed by atoms with E-state index in [1.54, 1.807) is 0 Å². The topological polar surface area (TPSA) is 308 Å². The summed E-state index contributed by atoms with van der Waals surface area (Å²) in [5, 5.41) is 0. The minimum absolute atomic E-state index is 0.0228. The Morgan fingerprint density at radius 3 is 1.05 bits per heavy atom. The molecule has 0 bridgehead atoms. The fraction of sp³-hybridized carbons (Fsp3) is 0.607. The Labute approximate surface area is 540 Å². The van der Waals surface area contributed by atoms with Gasteiger partial charge < -0.3 is 75.0 Å². The van der Waals surface area contributed by atoms with Crippen LogP contribution in [-0.2, 0) is 28.4 Å². The van der Waals surface area contributed by atoms with Crippen molar-refractivity contribution in [3.8, 4) is 34.2 Å². The molecule has 12 heterocycles. The van der Waals surface area contributed by atoms with Gasteiger partial charge in [0.1, 0.15) is 17.5 Å². The standard InChI is InChI=1S/C21H27F2N7O2.2C20H27F2N7O2/c1-13-11-31-7-5-29(13)19-26-18(15-10-25-16(24)9-14(15)17(22)23)27-20(28-19)30-6-8-32-12-21(30)3-2-4-21;2*1-3-13-11-31-7-5-29(13)20-26-18(15-9-24-16(23)8-14(15)17(21)22)25-19(27-20)28-4-6-30-10-12(28)2/h9-10,13,17H,2-8,11-12H2,1H3,(H2,24,25);2*8-9,12-13,17H,3-7,10-11H2,1-2H3,(H2,23,24)/t13-;12-,13+;12-,13-/m111/s1. The van der Waals surface area contributed by atoms with Gasteiger partial charge in [0.15, 0.2) is 17.5 Å². The minimum atomic E-state index is -2.74. The first-order valence-electron chi connectivity index (χ1n) is 31.9. The van der Waals surface area contributed by atoms with Gasteiger partial charge in [-0.2, -0.15) is 44.9 Å². The number of nitrogens with zero attached hydrogens (tertiary/aromatic N) is 18. The van der Waals surface area contributed by atoms with E-state index in [0.29, 0.717) is 154 Å². The van der Waals surface area contributed by atoms with Crippen LogP contribution in [0.25, 0.3) is 34.2 Å². The molecule has 0 amide bonds. The van der Waals surface area contributed by atoms with E-state index in [4.69, 9.17) is 60.6 Å². The number of halogens is 6. The van der Waals surface area contributed by atoms with Crippen molar-refractivity contribution < 1.29 is 54.8 Å². The second-order valence-electron chi connectivity index (χ2n) is 24.1. The van der Waals surface area contributed by atoms with Crippen LogP contribution in [0.3, 0.4) is 0 Å². The summed E-state index contributed by atoms with van der Waals surface area (Å²) in [6, 6.07) is 3.85. The molecule has 1 aliphatic carbocycles. The normalized spacial score (nSPS) is 22.5. The lowest BCUT2D eigenvalue weighted by Crippen LogP contribution is -2.61. The molecule has 6 saturated heterocycles. The van der Waals surface area contributed by atoms with Gasteiger partial charge in [0.05, 0.1) is 115 Å². The van der Waals surface area contributed by atoms with Crippen molar-refractivity contribution in [2.75, 3.05) is 165 Å². The van der Waals surface area contributed by atoms with Crippen LogP contribution in [0.5, 0.6) is 0 Å². The van der Waals surface area contributed by atoms with Gasteiger partial charge in [-0.15, -0.1) is 0 Å². The monoisotopic (exact) mass is 1320 g/mol. The van der Waals surface area contributed by atoms with Crippen molar-refractivity contribution in [1.82, 2.24) is 59.8 Å². The molecule has 5 atom stereocenters. The third kappa shape index (κ3) is 15.1. The average Bonchev–Trinajstić information content (AvgIpc) is 0.767. The first kappa shape index (κ1) is 67.4. The molecule has 7 aliphatic rings. The number of alkyl halides is 6. The van der Waals surface area contributed by atoms with E-state index in [9.17, 15) is 26.3 Å². The van der Waals surface area contributed by atoms with Gasteiger partial charge in [0.2, 0.25) is 35.7 Å². The summed E-state index contributed by atoms with van der Waals surface area (Å²) in [5.41, 5.74) is 16.6. The van der Waals surface area contributed by atoms with Crippen LogP contribution in [0.15, 0.2) is 36.8 Å². The van der Waals surface area contributed by atoms with E-state index in [1.807, 2.05) is 35.5 Å². The van der Waals surface area contributed by atoms with Gasteiger partial charge in [0, 0.05) is 91.2 Å². The average molecular weight is 1320 g/mol. The molecule has 27 nitrogen and oxygen atoms in total. The zero-order valence-electron chi connectivity index (χ0n) is 53.3. The van der Waals surface area contributed by atoms with E-state index in [1.165, 1.54) is 36.8 Å². The summed E-state index contributed by atoms with van der Waals surface area (Å²) in [4.78, 5) is 66.3. The number of rotatable bonds is 14. The van der Waals surface area contributed by atoms with Gasteiger partial charge in [-0.05, 0) is 71.1 Å². The number of aromatic nitrogens is 12. The zero-order chi connectivity index (χ0) is 66.2. The number of ether oxygens (including phenoxy) is 6. The minimum Gasteiger partial charge on any atom is -0.384 e. The van der Waals surface area contributed by atoms with E-state index in [2.05, 4.69) is 73.4 Å². The lowest BCUT2D eigenvalue weighted by molar-refractivity contribution is 0.0123. The molecular weight excluding hydrogens is 1240 g/mol. The van der Waals surface area contributed by atoms with E-state index >= 15 is 0 Å². The second-order valence-corrected chi connectivity index (χ2v) is 24.1. The molecule has 6 aromatic rings. The molecule has 0 unspecified atom stereocenters. The van der Waals surface area contributed by atoms with Crippen molar-refractivity contribution in [1.29, 1.82) is 0 Å². The van der Waals surface area contributed by atoms with Crippen LogP contribution in [0.2, 0.25) is 0 Å². The maximum atomic E-state index is 13.8. The van der Waals surface area contributed by atoms with Gasteiger partial charge in [-0.1, -0.05) is 13.8 Å². The van der Waals surface area contributed by atoms with Crippen LogP contribution in [0.1, 0.15) is 103 Å². The number of nitrogens with two attached hydrogens (primary N) is 3. The number of nitrogen functional groups attached to an aromatic ring is 3. The molecule has 0 aromatic carbocycles. The van der Waals surface area contributed by atoms with Gasteiger partial charge in [0.25, 0.3) is 19.3 Å². The highest BCUT2D eigenvalue weighted by Gasteiger charge is 2.47. The van der Waals surface area contributed by atoms with Crippen molar-refractivity contribution in [3.63, 3.8) is 0 Å². The molecule has 6 N–H and O–H groups in total. The zero-order valence-corrected chi connectivity index (χ0v) is 53.3. The summed E-state index contributed by atoms with van der Waals surface area (Å²) >= 11 is 0. The van der Waals surface area contributed by atoms with Crippen molar-refractivity contribution in [2.45, 2.75) is 122 Å². The fourth-order valence-corrected chi connectivity index (χ4v) is 12.4. The third-order valence-electron chi connectivity index (χ3n) is 17.8. The Morgan fingerprint density at radius 2 is 0.734 bits per heavy atom. The first-order chi connectivity index (χ1) is 45.4. The predicted octanol–water partition coefficient (Wildman–Crippen LogP) is 7.03. The van der Waals surface area contributed by atoms with Gasteiger partial charge in [-0.25, -0.2) is 41.3 Å². The van der Waals surface area contributed by atoms with Gasteiger partial charge >= 0.3 is 0 Å². The molecule has 508 valence electrons. The summed E-state index contributed by atoms with van der Waals surface area (Å²) in [7, 11) is 0. The second kappa shape index (κ2) is 30.2. The maximum Gasteiger partial charge on any atom is 0.264 e. The highest BCUT2D eigenvalue weighted by atomic mass is 19.3. The largest absolute Gasteiger partial charge is 0.384 e. The SMILES string of the molecule is CC[C@@H]1COCCN1c1nc(-c2cnc(N)cc2C(F)F)nc(N2CCOC[C@H]2C)n1.CC[C@H]1COCCN1c1nc(-c2cnc(N)cc2C(F)F)nc(N2CCOC[C@H]2C)n1.C[C@@H]1COCCN1c1nc(-c2cnc(N)cc2C(F)F)nc(N2CCOCC23CCC3)n1. The maximum absolute atomic E-state index is 13.8. The van der Waals surface area contributed by atoms with Crippen molar-refractivity contribution in [3.05, 3.63) is 53.5 Å². The van der Waals surface area contributed by atoms with Crippen molar-refractivity contribution in [2.24, 2.45) is 0 Å². The fourth-order valence-electron chi connectivity index (χ4n) is 12.4. The van der Waals surface area contributed by atoms with Crippen LogP contribution in [0, 0.1) is 0 Å². The molecule has 13 rings (SSSR count). The first-order valence-corrected chi connectivity index (χ1v) is 31.9. The highest BCUT2D eigenvalue weighted by molar-refractivity contribution is 5.67. The molecule has 1 spiro atoms. The highest BCUT2D eigenvalue weighted by Crippen LogP contribution is 2.43. The van der Waals surface area contributed by atoms with E-state index < -0.39 is 19.3 Å². The Balaban J connectivity index is 0.000000144. The summed E-state index contributed by atoms with van der Waals surface area (Å²) < 4.78 is 116. The molecule has 7 fully saturated rings. The Bertz CT molecular complexity index is 3390. The lowest BCUT2D eigenvalue weighted by atomic mass is 9.75.